The number of sulfone groups is 1. The fraction of sp³-hybridized carbons (Fsp3) is 0.519. The van der Waals surface area contributed by atoms with Crippen molar-refractivity contribution in [3.63, 3.8) is 0 Å². The van der Waals surface area contributed by atoms with Gasteiger partial charge in [-0.1, -0.05) is 0 Å². The van der Waals surface area contributed by atoms with E-state index >= 15 is 0 Å². The molecule has 1 amide bonds. The van der Waals surface area contributed by atoms with Crippen molar-refractivity contribution in [2.75, 3.05) is 70.7 Å². The number of anilines is 1. The Balaban J connectivity index is 1.54. The minimum Gasteiger partial charge on any atom is -0.481 e. The molecule has 5 rings (SSSR count). The molecule has 0 bridgehead atoms. The van der Waals surface area contributed by atoms with E-state index in [2.05, 4.69) is 21.7 Å². The SMILES string of the molecule is COc1ncc(-c2nc(N3CCOCC3)nc3c(CN4CCN(C(=O)CC#N)CC4)c(C)sc23)cc1CS(C)(=O)=O. The number of nitriles is 1. The van der Waals surface area contributed by atoms with Crippen molar-refractivity contribution in [2.24, 2.45) is 0 Å². The molecule has 0 N–H and O–H groups in total. The Hall–Kier alpha value is -3.38. The molecule has 0 unspecified atom stereocenters. The smallest absolute Gasteiger partial charge is 0.236 e. The highest BCUT2D eigenvalue weighted by atomic mass is 32.2. The number of amides is 1. The van der Waals surface area contributed by atoms with Crippen molar-refractivity contribution in [1.82, 2.24) is 24.8 Å². The number of piperazine rings is 1. The third kappa shape index (κ3) is 6.59. The van der Waals surface area contributed by atoms with Gasteiger partial charge in [0.1, 0.15) is 6.42 Å². The number of ether oxygens (including phenoxy) is 2. The zero-order valence-corrected chi connectivity index (χ0v) is 25.1. The predicted octanol–water partition coefficient (Wildman–Crippen LogP) is 2.01. The van der Waals surface area contributed by atoms with Gasteiger partial charge in [0.2, 0.25) is 17.7 Å². The summed E-state index contributed by atoms with van der Waals surface area (Å²) in [6, 6.07) is 3.74. The maximum atomic E-state index is 12.2. The van der Waals surface area contributed by atoms with Gasteiger partial charge in [-0.05, 0) is 13.0 Å². The molecule has 3 aromatic rings. The highest BCUT2D eigenvalue weighted by Gasteiger charge is 2.26. The van der Waals surface area contributed by atoms with E-state index in [4.69, 9.17) is 24.7 Å². The number of methoxy groups -OCH3 is 1. The summed E-state index contributed by atoms with van der Waals surface area (Å²) in [7, 11) is -1.85. The standard InChI is InChI=1S/C27H33N7O5S2/c1-18-21(16-32-6-8-33(9-7-32)22(35)4-5-28)24-25(40-18)23(30-27(31-24)34-10-12-39-13-11-34)19-14-20(17-41(3,36)37)26(38-2)29-15-19/h14-15H,4,6-13,16-17H2,1-3H3. The zero-order chi connectivity index (χ0) is 29.1. The Kier molecular flexibility index (Phi) is 8.69. The first-order valence-electron chi connectivity index (χ1n) is 13.4. The molecule has 0 saturated carbocycles. The maximum absolute atomic E-state index is 12.2. The largest absolute Gasteiger partial charge is 0.481 e. The van der Waals surface area contributed by atoms with E-state index in [1.54, 1.807) is 28.5 Å². The molecule has 218 valence electrons. The molecule has 12 nitrogen and oxygen atoms in total. The van der Waals surface area contributed by atoms with Crippen LogP contribution in [0.3, 0.4) is 0 Å². The lowest BCUT2D eigenvalue weighted by Crippen LogP contribution is -2.48. The molecule has 0 aromatic carbocycles. The first kappa shape index (κ1) is 29.1. The van der Waals surface area contributed by atoms with Gasteiger partial charge in [0.15, 0.2) is 9.84 Å². The maximum Gasteiger partial charge on any atom is 0.236 e. The Morgan fingerprint density at radius 2 is 1.90 bits per heavy atom. The van der Waals surface area contributed by atoms with Gasteiger partial charge in [0, 0.05) is 79.8 Å². The Morgan fingerprint density at radius 3 is 2.56 bits per heavy atom. The van der Waals surface area contributed by atoms with Crippen LogP contribution in [0, 0.1) is 18.3 Å². The Labute approximate surface area is 243 Å². The number of hydrogen-bond donors (Lipinski definition) is 0. The van der Waals surface area contributed by atoms with Crippen LogP contribution in [0.25, 0.3) is 21.5 Å². The van der Waals surface area contributed by atoms with E-state index in [-0.39, 0.29) is 24.0 Å². The summed E-state index contributed by atoms with van der Waals surface area (Å²) in [4.78, 5) is 33.9. The molecule has 14 heteroatoms. The average molecular weight is 600 g/mol. The first-order chi connectivity index (χ1) is 19.7. The lowest BCUT2D eigenvalue weighted by atomic mass is 10.1. The molecule has 2 saturated heterocycles. The highest BCUT2D eigenvalue weighted by molar-refractivity contribution is 7.89. The molecule has 0 atom stereocenters. The van der Waals surface area contributed by atoms with Gasteiger partial charge in [-0.3, -0.25) is 9.69 Å². The van der Waals surface area contributed by atoms with Gasteiger partial charge in [-0.15, -0.1) is 11.3 Å². The van der Waals surface area contributed by atoms with Crippen molar-refractivity contribution >= 4 is 43.2 Å². The van der Waals surface area contributed by atoms with Gasteiger partial charge in [0.05, 0.1) is 48.1 Å². The number of carbonyl (C=O) groups excluding carboxylic acids is 1. The van der Waals surface area contributed by atoms with E-state index in [1.807, 2.05) is 6.07 Å². The third-order valence-electron chi connectivity index (χ3n) is 7.26. The van der Waals surface area contributed by atoms with Crippen molar-refractivity contribution in [3.8, 4) is 23.2 Å². The molecule has 2 fully saturated rings. The van der Waals surface area contributed by atoms with Crippen LogP contribution >= 0.6 is 11.3 Å². The second kappa shape index (κ2) is 12.2. The summed E-state index contributed by atoms with van der Waals surface area (Å²) in [5, 5.41) is 8.87. The minimum absolute atomic E-state index is 0.0928. The molecule has 3 aromatic heterocycles. The van der Waals surface area contributed by atoms with Crippen LogP contribution < -0.4 is 9.64 Å². The Morgan fingerprint density at radius 1 is 1.17 bits per heavy atom. The molecule has 2 aliphatic heterocycles. The van der Waals surface area contributed by atoms with Crippen LogP contribution in [0.2, 0.25) is 0 Å². The van der Waals surface area contributed by atoms with Crippen molar-refractivity contribution < 1.29 is 22.7 Å². The number of nitrogens with zero attached hydrogens (tertiary/aromatic N) is 7. The molecular weight excluding hydrogens is 566 g/mol. The Bertz CT molecular complexity index is 1590. The summed E-state index contributed by atoms with van der Waals surface area (Å²) in [6.07, 6.45) is 2.76. The van der Waals surface area contributed by atoms with Crippen LogP contribution in [0.15, 0.2) is 12.3 Å². The molecule has 0 aliphatic carbocycles. The summed E-state index contributed by atoms with van der Waals surface area (Å²) in [5.41, 5.74) is 3.85. The van der Waals surface area contributed by atoms with Gasteiger partial charge in [-0.25, -0.2) is 23.4 Å². The molecule has 5 heterocycles. The minimum atomic E-state index is -3.33. The van der Waals surface area contributed by atoms with Crippen molar-refractivity contribution in [2.45, 2.75) is 25.6 Å². The summed E-state index contributed by atoms with van der Waals surface area (Å²) < 4.78 is 36.1. The van der Waals surface area contributed by atoms with Crippen molar-refractivity contribution in [3.05, 3.63) is 28.3 Å². The lowest BCUT2D eigenvalue weighted by Gasteiger charge is -2.34. The number of fused-ring (bicyclic) bond motifs is 1. The van der Waals surface area contributed by atoms with Crippen LogP contribution in [-0.2, 0) is 31.7 Å². The van der Waals surface area contributed by atoms with Gasteiger partial charge in [0.25, 0.3) is 0 Å². The number of aryl methyl sites for hydroxylation is 1. The normalized spacial score (nSPS) is 16.6. The number of rotatable bonds is 8. The quantitative estimate of drug-likeness (QED) is 0.375. The number of hydrogen-bond acceptors (Lipinski definition) is 12. The van der Waals surface area contributed by atoms with Crippen molar-refractivity contribution in [1.29, 1.82) is 5.26 Å². The van der Waals surface area contributed by atoms with Crippen LogP contribution in [0.1, 0.15) is 22.4 Å². The molecule has 0 radical (unpaired) electrons. The number of thiophene rings is 1. The van der Waals surface area contributed by atoms with Crippen LogP contribution in [-0.4, -0.2) is 105 Å². The molecular formula is C27H33N7O5S2. The fourth-order valence-electron chi connectivity index (χ4n) is 5.16. The highest BCUT2D eigenvalue weighted by Crippen LogP contribution is 2.39. The lowest BCUT2D eigenvalue weighted by molar-refractivity contribution is -0.131. The van der Waals surface area contributed by atoms with Gasteiger partial charge in [-0.2, -0.15) is 5.26 Å². The summed E-state index contributed by atoms with van der Waals surface area (Å²) in [6.45, 7) is 7.85. The second-order valence-corrected chi connectivity index (χ2v) is 13.6. The summed E-state index contributed by atoms with van der Waals surface area (Å²) >= 11 is 1.61. The number of aromatic nitrogens is 3. The van der Waals surface area contributed by atoms with Gasteiger partial charge >= 0.3 is 0 Å². The molecule has 2 aliphatic rings. The fourth-order valence-corrected chi connectivity index (χ4v) is 7.05. The second-order valence-electron chi connectivity index (χ2n) is 10.2. The predicted molar refractivity (Wildman–Crippen MR) is 156 cm³/mol. The molecule has 41 heavy (non-hydrogen) atoms. The number of carbonyl (C=O) groups is 1. The van der Waals surface area contributed by atoms with E-state index in [0.29, 0.717) is 81.8 Å². The third-order valence-corrected chi connectivity index (χ3v) is 9.24. The topological polar surface area (TPSA) is 142 Å². The first-order valence-corrected chi connectivity index (χ1v) is 16.3. The average Bonchev–Trinajstić information content (AvgIpc) is 3.27. The van der Waals surface area contributed by atoms with Gasteiger partial charge < -0.3 is 19.3 Å². The number of pyridine rings is 1. The van der Waals surface area contributed by atoms with Crippen LogP contribution in [0.5, 0.6) is 5.88 Å². The van der Waals surface area contributed by atoms with E-state index < -0.39 is 9.84 Å². The zero-order valence-electron chi connectivity index (χ0n) is 23.4. The summed E-state index contributed by atoms with van der Waals surface area (Å²) in [5.74, 6) is 0.551. The van der Waals surface area contributed by atoms with E-state index in [9.17, 15) is 13.2 Å². The van der Waals surface area contributed by atoms with Crippen LogP contribution in [0.4, 0.5) is 5.95 Å². The monoisotopic (exact) mass is 599 g/mol. The number of morpholine rings is 1. The van der Waals surface area contributed by atoms with E-state index in [1.165, 1.54) is 13.4 Å². The molecule has 0 spiro atoms. The van der Waals surface area contributed by atoms with E-state index in [0.717, 1.165) is 20.7 Å².